The van der Waals surface area contributed by atoms with E-state index in [-0.39, 0.29) is 17.5 Å². The Kier molecular flexibility index (Phi) is 4.45. The maximum absolute atomic E-state index is 12.0. The first-order valence-electron chi connectivity index (χ1n) is 6.15. The highest BCUT2D eigenvalue weighted by atomic mass is 16.5. The van der Waals surface area contributed by atoms with Crippen LogP contribution in [0.3, 0.4) is 0 Å². The molecule has 0 aliphatic heterocycles. The van der Waals surface area contributed by atoms with E-state index in [1.807, 2.05) is 0 Å². The molecule has 7 heteroatoms. The summed E-state index contributed by atoms with van der Waals surface area (Å²) in [6.07, 6.45) is 0. The molecular weight excluding hydrogens is 272 g/mol. The van der Waals surface area contributed by atoms with Crippen molar-refractivity contribution in [1.29, 1.82) is 0 Å². The molecule has 2 rings (SSSR count). The average Bonchev–Trinajstić information content (AvgIpc) is 2.49. The zero-order valence-electron chi connectivity index (χ0n) is 11.6. The molecule has 2 amide bonds. The molecule has 0 atom stereocenters. The van der Waals surface area contributed by atoms with E-state index >= 15 is 0 Å². The molecule has 108 valence electrons. The maximum atomic E-state index is 12.0. The summed E-state index contributed by atoms with van der Waals surface area (Å²) in [6.45, 7) is 1.43. The number of anilines is 2. The number of carbonyl (C=O) groups is 2. The van der Waals surface area contributed by atoms with Gasteiger partial charge in [-0.1, -0.05) is 0 Å². The van der Waals surface area contributed by atoms with Crippen LogP contribution >= 0.6 is 0 Å². The summed E-state index contributed by atoms with van der Waals surface area (Å²) >= 11 is 0. The number of methoxy groups -OCH3 is 1. The Bertz CT molecular complexity index is 638. The lowest BCUT2D eigenvalue weighted by Crippen LogP contribution is -2.14. The van der Waals surface area contributed by atoms with Crippen LogP contribution in [0.5, 0.6) is 5.88 Å². The van der Waals surface area contributed by atoms with E-state index in [9.17, 15) is 9.59 Å². The third-order valence-corrected chi connectivity index (χ3v) is 2.54. The molecule has 1 aromatic heterocycles. The molecule has 1 heterocycles. The van der Waals surface area contributed by atoms with Gasteiger partial charge in [-0.3, -0.25) is 9.59 Å². The van der Waals surface area contributed by atoms with E-state index in [4.69, 9.17) is 4.74 Å². The molecule has 0 aliphatic carbocycles. The average molecular weight is 286 g/mol. The summed E-state index contributed by atoms with van der Waals surface area (Å²) in [6, 6.07) is 9.82. The minimum atomic E-state index is -0.377. The summed E-state index contributed by atoms with van der Waals surface area (Å²) in [5, 5.41) is 12.8. The molecule has 0 radical (unpaired) electrons. The van der Waals surface area contributed by atoms with Gasteiger partial charge in [-0.25, -0.2) is 0 Å². The Balaban J connectivity index is 2.03. The van der Waals surface area contributed by atoms with Gasteiger partial charge in [0, 0.05) is 24.4 Å². The van der Waals surface area contributed by atoms with Crippen LogP contribution in [0.4, 0.5) is 11.4 Å². The van der Waals surface area contributed by atoms with E-state index < -0.39 is 0 Å². The van der Waals surface area contributed by atoms with Crippen LogP contribution in [0.25, 0.3) is 0 Å². The van der Waals surface area contributed by atoms with Crippen LogP contribution in [0.15, 0.2) is 36.4 Å². The largest absolute Gasteiger partial charge is 0.480 e. The van der Waals surface area contributed by atoms with E-state index in [0.717, 1.165) is 0 Å². The summed E-state index contributed by atoms with van der Waals surface area (Å²) in [7, 11) is 1.47. The molecule has 7 nitrogen and oxygen atoms in total. The molecule has 0 bridgehead atoms. The van der Waals surface area contributed by atoms with Crippen molar-refractivity contribution < 1.29 is 14.3 Å². The normalized spacial score (nSPS) is 9.81. The minimum absolute atomic E-state index is 0.153. The molecule has 0 saturated heterocycles. The number of carbonyl (C=O) groups excluding carboxylic acids is 2. The molecular formula is C14H14N4O3. The first-order valence-corrected chi connectivity index (χ1v) is 6.15. The van der Waals surface area contributed by atoms with E-state index in [2.05, 4.69) is 20.8 Å². The summed E-state index contributed by atoms with van der Waals surface area (Å²) in [5.74, 6) is -0.191. The van der Waals surface area contributed by atoms with Crippen molar-refractivity contribution in [1.82, 2.24) is 10.2 Å². The predicted molar refractivity (Wildman–Crippen MR) is 77.3 cm³/mol. The van der Waals surface area contributed by atoms with Gasteiger partial charge in [0.2, 0.25) is 11.8 Å². The zero-order chi connectivity index (χ0) is 15.2. The monoisotopic (exact) mass is 286 g/mol. The van der Waals surface area contributed by atoms with Gasteiger partial charge in [0.1, 0.15) is 0 Å². The molecule has 1 aromatic carbocycles. The van der Waals surface area contributed by atoms with E-state index in [1.165, 1.54) is 20.1 Å². The maximum Gasteiger partial charge on any atom is 0.276 e. The van der Waals surface area contributed by atoms with Gasteiger partial charge in [-0.05, 0) is 30.3 Å². The van der Waals surface area contributed by atoms with Crippen LogP contribution in [0.2, 0.25) is 0 Å². The van der Waals surface area contributed by atoms with Crippen molar-refractivity contribution in [2.45, 2.75) is 6.92 Å². The molecule has 0 saturated carbocycles. The standard InChI is InChI=1S/C14H14N4O3/c1-9(19)15-10-3-5-11(6-4-10)16-14(20)12-7-8-13(21-2)18-17-12/h3-8H,1-2H3,(H,15,19)(H,16,20). The molecule has 0 fully saturated rings. The Morgan fingerprint density at radius 2 is 1.57 bits per heavy atom. The third kappa shape index (κ3) is 4.00. The van der Waals surface area contributed by atoms with Crippen LogP contribution in [-0.2, 0) is 4.79 Å². The smallest absolute Gasteiger partial charge is 0.276 e. The lowest BCUT2D eigenvalue weighted by Gasteiger charge is -2.06. The van der Waals surface area contributed by atoms with Crippen molar-refractivity contribution in [3.63, 3.8) is 0 Å². The number of aromatic nitrogens is 2. The van der Waals surface area contributed by atoms with Gasteiger partial charge < -0.3 is 15.4 Å². The molecule has 0 aliphatic rings. The number of rotatable bonds is 4. The number of hydrogen-bond donors (Lipinski definition) is 2. The van der Waals surface area contributed by atoms with Crippen molar-refractivity contribution in [3.8, 4) is 5.88 Å². The second-order valence-corrected chi connectivity index (χ2v) is 4.17. The predicted octanol–water partition coefficient (Wildman–Crippen LogP) is 1.70. The number of ether oxygens (including phenoxy) is 1. The Morgan fingerprint density at radius 3 is 2.05 bits per heavy atom. The first kappa shape index (κ1) is 14.4. The van der Waals surface area contributed by atoms with Gasteiger partial charge in [0.25, 0.3) is 5.91 Å². The van der Waals surface area contributed by atoms with Crippen molar-refractivity contribution in [3.05, 3.63) is 42.1 Å². The van der Waals surface area contributed by atoms with Crippen LogP contribution < -0.4 is 15.4 Å². The third-order valence-electron chi connectivity index (χ3n) is 2.54. The van der Waals surface area contributed by atoms with Gasteiger partial charge in [0.15, 0.2) is 5.69 Å². The Morgan fingerprint density at radius 1 is 0.952 bits per heavy atom. The Labute approximate surface area is 121 Å². The highest BCUT2D eigenvalue weighted by molar-refractivity contribution is 6.02. The van der Waals surface area contributed by atoms with Gasteiger partial charge in [0.05, 0.1) is 7.11 Å². The number of nitrogens with one attached hydrogen (secondary N) is 2. The van der Waals surface area contributed by atoms with E-state index in [0.29, 0.717) is 17.3 Å². The summed E-state index contributed by atoms with van der Waals surface area (Å²) in [5.41, 5.74) is 1.43. The van der Waals surface area contributed by atoms with E-state index in [1.54, 1.807) is 30.3 Å². The molecule has 2 aromatic rings. The topological polar surface area (TPSA) is 93.2 Å². The molecule has 2 N–H and O–H groups in total. The highest BCUT2D eigenvalue weighted by Crippen LogP contribution is 2.14. The fraction of sp³-hybridized carbons (Fsp3) is 0.143. The molecule has 0 unspecified atom stereocenters. The minimum Gasteiger partial charge on any atom is -0.480 e. The van der Waals surface area contributed by atoms with Gasteiger partial charge in [-0.15, -0.1) is 10.2 Å². The first-order chi connectivity index (χ1) is 10.1. The Hall–Kier alpha value is -2.96. The van der Waals surface area contributed by atoms with Crippen molar-refractivity contribution in [2.75, 3.05) is 17.7 Å². The number of amides is 2. The zero-order valence-corrected chi connectivity index (χ0v) is 11.6. The second-order valence-electron chi connectivity index (χ2n) is 4.17. The number of nitrogens with zero attached hydrogens (tertiary/aromatic N) is 2. The number of hydrogen-bond acceptors (Lipinski definition) is 5. The second kappa shape index (κ2) is 6.47. The number of benzene rings is 1. The van der Waals surface area contributed by atoms with Gasteiger partial charge in [-0.2, -0.15) is 0 Å². The molecule has 21 heavy (non-hydrogen) atoms. The highest BCUT2D eigenvalue weighted by Gasteiger charge is 2.08. The fourth-order valence-corrected chi connectivity index (χ4v) is 1.59. The van der Waals surface area contributed by atoms with Crippen LogP contribution in [-0.4, -0.2) is 29.1 Å². The summed E-state index contributed by atoms with van der Waals surface area (Å²) < 4.78 is 4.87. The van der Waals surface area contributed by atoms with Crippen LogP contribution in [0, 0.1) is 0 Å². The summed E-state index contributed by atoms with van der Waals surface area (Å²) in [4.78, 5) is 22.9. The lowest BCUT2D eigenvalue weighted by atomic mass is 10.2. The molecule has 0 spiro atoms. The van der Waals surface area contributed by atoms with Crippen molar-refractivity contribution >= 4 is 23.2 Å². The van der Waals surface area contributed by atoms with Crippen LogP contribution in [0.1, 0.15) is 17.4 Å². The van der Waals surface area contributed by atoms with Gasteiger partial charge >= 0.3 is 0 Å². The lowest BCUT2D eigenvalue weighted by molar-refractivity contribution is -0.114. The fourth-order valence-electron chi connectivity index (χ4n) is 1.59. The van der Waals surface area contributed by atoms with Crippen molar-refractivity contribution in [2.24, 2.45) is 0 Å². The SMILES string of the molecule is COc1ccc(C(=O)Nc2ccc(NC(C)=O)cc2)nn1. The quantitative estimate of drug-likeness (QED) is 0.892.